The lowest BCUT2D eigenvalue weighted by Crippen LogP contribution is -2.27. The summed E-state index contributed by atoms with van der Waals surface area (Å²) in [6, 6.07) is 0. The summed E-state index contributed by atoms with van der Waals surface area (Å²) in [5.41, 5.74) is 0. The average molecular weight is 148 g/mol. The van der Waals surface area contributed by atoms with Crippen LogP contribution < -0.4 is 0 Å². The first-order valence-corrected chi connectivity index (χ1v) is 4.11. The van der Waals surface area contributed by atoms with E-state index in [0.717, 1.165) is 6.42 Å². The topological polar surface area (TPSA) is 24.7 Å². The third kappa shape index (κ3) is 1.13. The van der Waals surface area contributed by atoms with Crippen LogP contribution in [0.5, 0.6) is 0 Å². The van der Waals surface area contributed by atoms with E-state index in [0.29, 0.717) is 17.8 Å². The predicted octanol–water partition coefficient (Wildman–Crippen LogP) is 1.89. The summed E-state index contributed by atoms with van der Waals surface area (Å²) >= 11 is 0. The Morgan fingerprint density at radius 1 is 1.27 bits per heavy atom. The molecule has 11 heavy (non-hydrogen) atoms. The zero-order valence-corrected chi connectivity index (χ0v) is 6.64. The summed E-state index contributed by atoms with van der Waals surface area (Å²) < 4.78 is 0. The van der Waals surface area contributed by atoms with Gasteiger partial charge in [-0.05, 0) is 12.3 Å². The third-order valence-electron chi connectivity index (χ3n) is 2.51. The van der Waals surface area contributed by atoms with Crippen LogP contribution in [0.25, 0.3) is 0 Å². The second kappa shape index (κ2) is 2.61. The van der Waals surface area contributed by atoms with E-state index in [1.54, 1.807) is 0 Å². The highest BCUT2D eigenvalue weighted by molar-refractivity contribution is 5.75. The molecular formula is C9H12N2. The molecule has 0 saturated carbocycles. The van der Waals surface area contributed by atoms with Crippen LogP contribution in [-0.2, 0) is 0 Å². The Morgan fingerprint density at radius 3 is 2.91 bits per heavy atom. The molecule has 0 spiro atoms. The second-order valence-corrected chi connectivity index (χ2v) is 3.29. The highest BCUT2D eigenvalue weighted by Crippen LogP contribution is 2.28. The molecule has 0 radical (unpaired) electrons. The first kappa shape index (κ1) is 6.77. The minimum atomic E-state index is 0.595. The van der Waals surface area contributed by atoms with Gasteiger partial charge in [-0.1, -0.05) is 19.1 Å². The van der Waals surface area contributed by atoms with Gasteiger partial charge >= 0.3 is 0 Å². The fourth-order valence-electron chi connectivity index (χ4n) is 1.77. The van der Waals surface area contributed by atoms with Crippen LogP contribution in [0.2, 0.25) is 0 Å². The number of nitrogens with zero attached hydrogens (tertiary/aromatic N) is 2. The van der Waals surface area contributed by atoms with Gasteiger partial charge in [0.05, 0.1) is 0 Å². The first-order chi connectivity index (χ1) is 5.38. The Labute approximate surface area is 66.7 Å². The SMILES string of the molecule is CC1C=CCC2C=NN=CC12. The zero-order valence-electron chi connectivity index (χ0n) is 6.64. The second-order valence-electron chi connectivity index (χ2n) is 3.29. The molecule has 0 aromatic carbocycles. The molecule has 2 nitrogen and oxygen atoms in total. The molecule has 0 aromatic heterocycles. The van der Waals surface area contributed by atoms with Crippen molar-refractivity contribution < 1.29 is 0 Å². The van der Waals surface area contributed by atoms with Crippen molar-refractivity contribution in [1.29, 1.82) is 0 Å². The van der Waals surface area contributed by atoms with E-state index in [-0.39, 0.29) is 0 Å². The van der Waals surface area contributed by atoms with Gasteiger partial charge in [-0.15, -0.1) is 0 Å². The van der Waals surface area contributed by atoms with Crippen molar-refractivity contribution in [2.24, 2.45) is 28.0 Å². The van der Waals surface area contributed by atoms with E-state index in [1.165, 1.54) is 0 Å². The van der Waals surface area contributed by atoms with E-state index >= 15 is 0 Å². The lowest BCUT2D eigenvalue weighted by molar-refractivity contribution is 0.428. The normalized spacial score (nSPS) is 40.6. The third-order valence-corrected chi connectivity index (χ3v) is 2.51. The Morgan fingerprint density at radius 2 is 2.09 bits per heavy atom. The van der Waals surface area contributed by atoms with Crippen molar-refractivity contribution in [2.75, 3.05) is 0 Å². The molecule has 2 heteroatoms. The van der Waals surface area contributed by atoms with Crippen molar-refractivity contribution in [3.63, 3.8) is 0 Å². The van der Waals surface area contributed by atoms with Crippen LogP contribution in [0.15, 0.2) is 22.4 Å². The minimum absolute atomic E-state index is 0.595. The number of hydrogen-bond donors (Lipinski definition) is 0. The van der Waals surface area contributed by atoms with Crippen molar-refractivity contribution in [1.82, 2.24) is 0 Å². The molecule has 1 aliphatic heterocycles. The highest BCUT2D eigenvalue weighted by atomic mass is 15.2. The molecule has 3 atom stereocenters. The summed E-state index contributed by atoms with van der Waals surface area (Å²) in [4.78, 5) is 0. The van der Waals surface area contributed by atoms with Crippen LogP contribution >= 0.6 is 0 Å². The molecule has 0 bridgehead atoms. The van der Waals surface area contributed by atoms with Gasteiger partial charge in [0.2, 0.25) is 0 Å². The molecule has 3 unspecified atom stereocenters. The van der Waals surface area contributed by atoms with Crippen molar-refractivity contribution in [3.8, 4) is 0 Å². The van der Waals surface area contributed by atoms with Crippen molar-refractivity contribution >= 4 is 12.4 Å². The zero-order chi connectivity index (χ0) is 7.68. The van der Waals surface area contributed by atoms with Gasteiger partial charge < -0.3 is 0 Å². The molecular weight excluding hydrogens is 136 g/mol. The number of hydrogen-bond acceptors (Lipinski definition) is 2. The molecule has 1 aliphatic carbocycles. The summed E-state index contributed by atoms with van der Waals surface area (Å²) in [5, 5.41) is 7.83. The van der Waals surface area contributed by atoms with Crippen LogP contribution in [0, 0.1) is 17.8 Å². The van der Waals surface area contributed by atoms with Gasteiger partial charge in [0.15, 0.2) is 0 Å². The van der Waals surface area contributed by atoms with Gasteiger partial charge in [0.25, 0.3) is 0 Å². The Balaban J connectivity index is 2.23. The minimum Gasteiger partial charge on any atom is -0.164 e. The monoisotopic (exact) mass is 148 g/mol. The Kier molecular flexibility index (Phi) is 1.60. The maximum absolute atomic E-state index is 3.92. The van der Waals surface area contributed by atoms with Crippen LogP contribution in [0.3, 0.4) is 0 Å². The average Bonchev–Trinajstić information content (AvgIpc) is 2.06. The molecule has 0 fully saturated rings. The summed E-state index contributed by atoms with van der Waals surface area (Å²) in [7, 11) is 0. The van der Waals surface area contributed by atoms with E-state index in [4.69, 9.17) is 0 Å². The van der Waals surface area contributed by atoms with Crippen LogP contribution in [0.4, 0.5) is 0 Å². The molecule has 0 N–H and O–H groups in total. The number of fused-ring (bicyclic) bond motifs is 1. The van der Waals surface area contributed by atoms with E-state index in [1.807, 2.05) is 12.4 Å². The number of allylic oxidation sites excluding steroid dienone is 2. The number of rotatable bonds is 0. The maximum Gasteiger partial charge on any atom is 0.0313 e. The van der Waals surface area contributed by atoms with Crippen LogP contribution in [0.1, 0.15) is 13.3 Å². The Bertz CT molecular complexity index is 228. The summed E-state index contributed by atoms with van der Waals surface area (Å²) in [6.45, 7) is 2.23. The van der Waals surface area contributed by atoms with Crippen molar-refractivity contribution in [3.05, 3.63) is 12.2 Å². The molecule has 0 aromatic rings. The molecule has 2 aliphatic rings. The predicted molar refractivity (Wildman–Crippen MR) is 46.9 cm³/mol. The van der Waals surface area contributed by atoms with E-state index in [9.17, 15) is 0 Å². The van der Waals surface area contributed by atoms with Gasteiger partial charge in [-0.25, -0.2) is 0 Å². The molecule has 2 rings (SSSR count). The molecule has 0 saturated heterocycles. The van der Waals surface area contributed by atoms with E-state index < -0.39 is 0 Å². The first-order valence-electron chi connectivity index (χ1n) is 4.11. The quantitative estimate of drug-likeness (QED) is 0.469. The van der Waals surface area contributed by atoms with Gasteiger partial charge in [-0.2, -0.15) is 10.2 Å². The largest absolute Gasteiger partial charge is 0.164 e. The van der Waals surface area contributed by atoms with Gasteiger partial charge in [0.1, 0.15) is 0 Å². The summed E-state index contributed by atoms with van der Waals surface area (Å²) in [5.74, 6) is 1.83. The smallest absolute Gasteiger partial charge is 0.0313 e. The van der Waals surface area contributed by atoms with Crippen LogP contribution in [-0.4, -0.2) is 12.4 Å². The summed E-state index contributed by atoms with van der Waals surface area (Å²) in [6.07, 6.45) is 9.61. The van der Waals surface area contributed by atoms with E-state index in [2.05, 4.69) is 29.3 Å². The lowest BCUT2D eigenvalue weighted by atomic mass is 9.78. The maximum atomic E-state index is 3.92. The molecule has 0 amide bonds. The Hall–Kier alpha value is -0.920. The van der Waals surface area contributed by atoms with Gasteiger partial charge in [-0.3, -0.25) is 0 Å². The molecule has 58 valence electrons. The highest BCUT2D eigenvalue weighted by Gasteiger charge is 2.26. The molecule has 1 heterocycles. The fourth-order valence-corrected chi connectivity index (χ4v) is 1.77. The van der Waals surface area contributed by atoms with Gasteiger partial charge in [0, 0.05) is 24.3 Å². The standard InChI is InChI=1S/C9H12N2/c1-7-3-2-4-8-5-10-11-6-9(7)8/h2-3,5-9H,4H2,1H3. The van der Waals surface area contributed by atoms with Crippen molar-refractivity contribution in [2.45, 2.75) is 13.3 Å². The lowest BCUT2D eigenvalue weighted by Gasteiger charge is -2.28. The fraction of sp³-hybridized carbons (Fsp3) is 0.556.